The van der Waals surface area contributed by atoms with Crippen LogP contribution in [0.1, 0.15) is 25.0 Å². The predicted molar refractivity (Wildman–Crippen MR) is 52.8 cm³/mol. The molecule has 0 saturated heterocycles. The molecule has 0 aliphatic heterocycles. The van der Waals surface area contributed by atoms with E-state index in [0.717, 1.165) is 31.4 Å². The van der Waals surface area contributed by atoms with E-state index >= 15 is 0 Å². The molecule has 76 valence electrons. The van der Waals surface area contributed by atoms with E-state index in [9.17, 15) is 4.79 Å². The number of H-pyrrole nitrogens is 1. The number of hydrogen-bond acceptors (Lipinski definition) is 2. The van der Waals surface area contributed by atoms with Crippen LogP contribution in [0, 0.1) is 5.41 Å². The predicted octanol–water partition coefficient (Wildman–Crippen LogP) is 1.90. The van der Waals surface area contributed by atoms with Crippen LogP contribution in [0.3, 0.4) is 0 Å². The highest BCUT2D eigenvalue weighted by Crippen LogP contribution is 2.44. The molecule has 3 heteroatoms. The molecular formula is C11H15NO2. The first kappa shape index (κ1) is 9.31. The van der Waals surface area contributed by atoms with Gasteiger partial charge in [-0.3, -0.25) is 4.79 Å². The number of ether oxygens (including phenoxy) is 1. The molecule has 1 fully saturated rings. The van der Waals surface area contributed by atoms with Gasteiger partial charge in [-0.1, -0.05) is 6.42 Å². The van der Waals surface area contributed by atoms with Gasteiger partial charge in [0.25, 0.3) is 0 Å². The molecule has 14 heavy (non-hydrogen) atoms. The Morgan fingerprint density at radius 3 is 2.86 bits per heavy atom. The maximum Gasteiger partial charge on any atom is 0.312 e. The minimum Gasteiger partial charge on any atom is -0.469 e. The van der Waals surface area contributed by atoms with Crippen molar-refractivity contribution >= 4 is 5.97 Å². The summed E-state index contributed by atoms with van der Waals surface area (Å²) in [5, 5.41) is 0. The normalized spacial score (nSPS) is 18.6. The summed E-state index contributed by atoms with van der Waals surface area (Å²) < 4.78 is 4.85. The zero-order chi connectivity index (χ0) is 10.0. The number of rotatable bonds is 3. The van der Waals surface area contributed by atoms with E-state index in [1.54, 1.807) is 0 Å². The van der Waals surface area contributed by atoms with Crippen LogP contribution in [-0.4, -0.2) is 18.1 Å². The van der Waals surface area contributed by atoms with Gasteiger partial charge in [0.1, 0.15) is 0 Å². The molecular weight excluding hydrogens is 178 g/mol. The quantitative estimate of drug-likeness (QED) is 0.745. The molecule has 0 spiro atoms. The highest BCUT2D eigenvalue weighted by atomic mass is 16.5. The highest BCUT2D eigenvalue weighted by Gasteiger charge is 2.45. The van der Waals surface area contributed by atoms with Crippen LogP contribution in [0.15, 0.2) is 18.3 Å². The lowest BCUT2D eigenvalue weighted by Gasteiger charge is -2.38. The maximum absolute atomic E-state index is 11.6. The lowest BCUT2D eigenvalue weighted by Crippen LogP contribution is -2.40. The van der Waals surface area contributed by atoms with E-state index < -0.39 is 0 Å². The molecule has 3 nitrogen and oxygen atoms in total. The van der Waals surface area contributed by atoms with Crippen molar-refractivity contribution in [3.05, 3.63) is 24.0 Å². The molecule has 1 aliphatic carbocycles. The molecule has 0 atom stereocenters. The summed E-state index contributed by atoms with van der Waals surface area (Å²) >= 11 is 0. The SMILES string of the molecule is COC(=O)C1(Cc2ccc[nH]2)CCC1. The van der Waals surface area contributed by atoms with Gasteiger partial charge in [-0.05, 0) is 25.0 Å². The van der Waals surface area contributed by atoms with Gasteiger partial charge in [-0.2, -0.15) is 0 Å². The van der Waals surface area contributed by atoms with Crippen molar-refractivity contribution in [2.75, 3.05) is 7.11 Å². The monoisotopic (exact) mass is 193 g/mol. The van der Waals surface area contributed by atoms with E-state index in [0.29, 0.717) is 0 Å². The number of carbonyl (C=O) groups is 1. The number of methoxy groups -OCH3 is 1. The van der Waals surface area contributed by atoms with Crippen LogP contribution < -0.4 is 0 Å². The first-order valence-electron chi connectivity index (χ1n) is 4.97. The van der Waals surface area contributed by atoms with E-state index in [2.05, 4.69) is 4.98 Å². The van der Waals surface area contributed by atoms with E-state index in [1.807, 2.05) is 18.3 Å². The summed E-state index contributed by atoms with van der Waals surface area (Å²) in [6.07, 6.45) is 5.72. The second-order valence-corrected chi connectivity index (χ2v) is 4.00. The molecule has 1 aliphatic rings. The second-order valence-electron chi connectivity index (χ2n) is 4.00. The van der Waals surface area contributed by atoms with E-state index in [4.69, 9.17) is 4.74 Å². The van der Waals surface area contributed by atoms with Crippen molar-refractivity contribution in [3.63, 3.8) is 0 Å². The number of esters is 1. The zero-order valence-electron chi connectivity index (χ0n) is 8.38. The van der Waals surface area contributed by atoms with Crippen LogP contribution in [0.5, 0.6) is 0 Å². The number of nitrogens with one attached hydrogen (secondary N) is 1. The van der Waals surface area contributed by atoms with Crippen molar-refractivity contribution in [2.45, 2.75) is 25.7 Å². The molecule has 0 radical (unpaired) electrons. The van der Waals surface area contributed by atoms with Crippen molar-refractivity contribution in [1.82, 2.24) is 4.98 Å². The Morgan fingerprint density at radius 2 is 2.43 bits per heavy atom. The lowest BCUT2D eigenvalue weighted by molar-refractivity contribution is -0.158. The van der Waals surface area contributed by atoms with Crippen LogP contribution in [-0.2, 0) is 16.0 Å². The first-order valence-corrected chi connectivity index (χ1v) is 4.97. The van der Waals surface area contributed by atoms with Crippen LogP contribution in [0.2, 0.25) is 0 Å². The summed E-state index contributed by atoms with van der Waals surface area (Å²) in [7, 11) is 1.47. The highest BCUT2D eigenvalue weighted by molar-refractivity contribution is 5.78. The summed E-state index contributed by atoms with van der Waals surface area (Å²) in [5.74, 6) is -0.0571. The summed E-state index contributed by atoms with van der Waals surface area (Å²) in [6, 6.07) is 3.97. The summed E-state index contributed by atoms with van der Waals surface area (Å²) in [6.45, 7) is 0. The molecule has 0 amide bonds. The van der Waals surface area contributed by atoms with Gasteiger partial charge >= 0.3 is 5.97 Å². The first-order chi connectivity index (χ1) is 6.77. The van der Waals surface area contributed by atoms with Crippen molar-refractivity contribution < 1.29 is 9.53 Å². The molecule has 0 bridgehead atoms. The fourth-order valence-corrected chi connectivity index (χ4v) is 2.12. The third-order valence-electron chi connectivity index (χ3n) is 3.12. The Labute approximate surface area is 83.5 Å². The Balaban J connectivity index is 2.10. The lowest BCUT2D eigenvalue weighted by atomic mass is 9.66. The average molecular weight is 193 g/mol. The van der Waals surface area contributed by atoms with E-state index in [1.165, 1.54) is 7.11 Å². The molecule has 1 saturated carbocycles. The van der Waals surface area contributed by atoms with Gasteiger partial charge in [0, 0.05) is 18.3 Å². The number of hydrogen-bond donors (Lipinski definition) is 1. The minimum atomic E-state index is -0.237. The van der Waals surface area contributed by atoms with E-state index in [-0.39, 0.29) is 11.4 Å². The fraction of sp³-hybridized carbons (Fsp3) is 0.545. The summed E-state index contributed by atoms with van der Waals surface area (Å²) in [5.41, 5.74) is 0.884. The van der Waals surface area contributed by atoms with Crippen LogP contribution >= 0.6 is 0 Å². The van der Waals surface area contributed by atoms with Crippen LogP contribution in [0.4, 0.5) is 0 Å². The number of carbonyl (C=O) groups excluding carboxylic acids is 1. The smallest absolute Gasteiger partial charge is 0.312 e. The van der Waals surface area contributed by atoms with Crippen molar-refractivity contribution in [1.29, 1.82) is 0 Å². The fourth-order valence-electron chi connectivity index (χ4n) is 2.12. The van der Waals surface area contributed by atoms with Crippen molar-refractivity contribution in [3.8, 4) is 0 Å². The van der Waals surface area contributed by atoms with Gasteiger partial charge in [0.2, 0.25) is 0 Å². The second kappa shape index (κ2) is 3.48. The zero-order valence-corrected chi connectivity index (χ0v) is 8.38. The Hall–Kier alpha value is -1.25. The maximum atomic E-state index is 11.6. The number of aromatic nitrogens is 1. The Kier molecular flexibility index (Phi) is 2.32. The Bertz CT molecular complexity index is 312. The minimum absolute atomic E-state index is 0.0571. The van der Waals surface area contributed by atoms with Gasteiger partial charge in [0.05, 0.1) is 12.5 Å². The number of aromatic amines is 1. The molecule has 1 aromatic rings. The molecule has 1 N–H and O–H groups in total. The topological polar surface area (TPSA) is 42.1 Å². The van der Waals surface area contributed by atoms with Crippen molar-refractivity contribution in [2.24, 2.45) is 5.41 Å². The molecule has 1 heterocycles. The van der Waals surface area contributed by atoms with Gasteiger partial charge in [0.15, 0.2) is 0 Å². The van der Waals surface area contributed by atoms with Crippen LogP contribution in [0.25, 0.3) is 0 Å². The summed E-state index contributed by atoms with van der Waals surface area (Å²) in [4.78, 5) is 14.7. The van der Waals surface area contributed by atoms with Gasteiger partial charge in [-0.15, -0.1) is 0 Å². The molecule has 1 aromatic heterocycles. The third-order valence-corrected chi connectivity index (χ3v) is 3.12. The molecule has 0 unspecified atom stereocenters. The van der Waals surface area contributed by atoms with Gasteiger partial charge in [-0.25, -0.2) is 0 Å². The largest absolute Gasteiger partial charge is 0.469 e. The average Bonchev–Trinajstić information content (AvgIpc) is 2.62. The molecule has 0 aromatic carbocycles. The standard InChI is InChI=1S/C11H15NO2/c1-14-10(13)11(5-3-6-11)8-9-4-2-7-12-9/h2,4,7,12H,3,5-6,8H2,1H3. The van der Waals surface area contributed by atoms with Gasteiger partial charge < -0.3 is 9.72 Å². The molecule has 2 rings (SSSR count). The Morgan fingerprint density at radius 1 is 1.64 bits per heavy atom. The third kappa shape index (κ3) is 1.43.